The average Bonchev–Trinajstić information content (AvgIpc) is 2.83. The minimum absolute atomic E-state index is 0.0953. The van der Waals surface area contributed by atoms with Crippen LogP contribution in [0.4, 0.5) is 8.78 Å². The maximum Gasteiger partial charge on any atom is 0.222 e. The third kappa shape index (κ3) is 8.23. The Morgan fingerprint density at radius 2 is 2.00 bits per heavy atom. The number of hydrogen-bond donors (Lipinski definition) is 3. The normalized spacial score (nSPS) is 16.9. The monoisotopic (exact) mass is 486 g/mol. The zero-order valence-corrected chi connectivity index (χ0v) is 20.4. The Balaban J connectivity index is 1.68. The molecule has 2 aromatic carbocycles. The molecule has 0 spiro atoms. The molecular weight excluding hydrogens is 450 g/mol. The van der Waals surface area contributed by atoms with E-state index in [4.69, 9.17) is 4.74 Å². The van der Waals surface area contributed by atoms with Crippen molar-refractivity contribution in [2.45, 2.75) is 63.6 Å². The number of ether oxygens (including phenoxy) is 1. The molecule has 0 radical (unpaired) electrons. The number of benzene rings is 2. The van der Waals surface area contributed by atoms with Crippen molar-refractivity contribution in [3.8, 4) is 0 Å². The summed E-state index contributed by atoms with van der Waals surface area (Å²) >= 11 is 0. The van der Waals surface area contributed by atoms with Gasteiger partial charge in [-0.05, 0) is 66.5 Å². The zero-order chi connectivity index (χ0) is 25.2. The summed E-state index contributed by atoms with van der Waals surface area (Å²) in [5.41, 5.74) is 4.22. The molecule has 3 rings (SSSR count). The number of amides is 1. The first-order valence-electron chi connectivity index (χ1n) is 12.4. The molecule has 0 heterocycles. The highest BCUT2D eigenvalue weighted by atomic mass is 19.1. The topological polar surface area (TPSA) is 70.6 Å². The summed E-state index contributed by atoms with van der Waals surface area (Å²) in [5, 5.41) is 17.3. The van der Waals surface area contributed by atoms with Gasteiger partial charge >= 0.3 is 0 Å². The van der Waals surface area contributed by atoms with Crippen LogP contribution in [-0.2, 0) is 28.8 Å². The van der Waals surface area contributed by atoms with E-state index in [1.165, 1.54) is 28.8 Å². The smallest absolute Gasteiger partial charge is 0.222 e. The highest BCUT2D eigenvalue weighted by Crippen LogP contribution is 2.30. The second-order valence-electron chi connectivity index (χ2n) is 9.08. The second kappa shape index (κ2) is 13.5. The molecule has 5 nitrogen and oxygen atoms in total. The van der Waals surface area contributed by atoms with E-state index in [1.807, 2.05) is 0 Å². The van der Waals surface area contributed by atoms with Crippen LogP contribution in [0.5, 0.6) is 0 Å². The summed E-state index contributed by atoms with van der Waals surface area (Å²) in [6.45, 7) is 6.48. The fraction of sp³-hybridized carbons (Fsp3) is 0.464. The van der Waals surface area contributed by atoms with Crippen LogP contribution in [0.1, 0.15) is 54.5 Å². The molecule has 0 saturated heterocycles. The molecule has 0 aliphatic heterocycles. The number of aliphatic hydroxyl groups excluding tert-OH is 1. The van der Waals surface area contributed by atoms with Gasteiger partial charge in [0.1, 0.15) is 11.6 Å². The Labute approximate surface area is 206 Å². The molecule has 0 saturated carbocycles. The van der Waals surface area contributed by atoms with Gasteiger partial charge in [-0.1, -0.05) is 31.2 Å². The van der Waals surface area contributed by atoms with Crippen molar-refractivity contribution >= 4 is 5.91 Å². The Kier molecular flexibility index (Phi) is 10.4. The average molecular weight is 487 g/mol. The Morgan fingerprint density at radius 1 is 1.23 bits per heavy atom. The Bertz CT molecular complexity index is 978. The van der Waals surface area contributed by atoms with Gasteiger partial charge in [0, 0.05) is 25.1 Å². The molecule has 3 N–H and O–H groups in total. The summed E-state index contributed by atoms with van der Waals surface area (Å²) < 4.78 is 32.8. The number of rotatable bonds is 13. The third-order valence-corrected chi connectivity index (χ3v) is 6.40. The summed E-state index contributed by atoms with van der Waals surface area (Å²) in [7, 11) is 0. The number of nitrogens with one attached hydrogen (secondary N) is 2. The first-order valence-corrected chi connectivity index (χ1v) is 12.4. The van der Waals surface area contributed by atoms with E-state index in [1.54, 1.807) is 6.08 Å². The Hall–Kier alpha value is -2.61. The lowest BCUT2D eigenvalue weighted by molar-refractivity contribution is -0.123. The molecule has 0 aromatic heterocycles. The van der Waals surface area contributed by atoms with Crippen molar-refractivity contribution in [2.24, 2.45) is 0 Å². The molecule has 0 fully saturated rings. The molecule has 190 valence electrons. The van der Waals surface area contributed by atoms with Crippen molar-refractivity contribution in [3.05, 3.63) is 82.9 Å². The highest BCUT2D eigenvalue weighted by molar-refractivity contribution is 5.76. The fourth-order valence-corrected chi connectivity index (χ4v) is 4.56. The lowest BCUT2D eigenvalue weighted by atomic mass is 9.86. The Morgan fingerprint density at radius 3 is 2.71 bits per heavy atom. The molecule has 3 atom stereocenters. The lowest BCUT2D eigenvalue weighted by Crippen LogP contribution is -2.49. The van der Waals surface area contributed by atoms with Gasteiger partial charge in [-0.15, -0.1) is 6.58 Å². The number of carbonyl (C=O) groups is 1. The number of aliphatic hydroxyl groups is 1. The van der Waals surface area contributed by atoms with Crippen molar-refractivity contribution < 1.29 is 23.4 Å². The molecule has 2 unspecified atom stereocenters. The van der Waals surface area contributed by atoms with Crippen LogP contribution < -0.4 is 10.6 Å². The van der Waals surface area contributed by atoms with Crippen molar-refractivity contribution in [1.82, 2.24) is 10.6 Å². The fourth-order valence-electron chi connectivity index (χ4n) is 4.56. The molecule has 1 aliphatic rings. The molecule has 7 heteroatoms. The SMILES string of the molecule is C=CCOCCC(=O)NC(Cc1cc(F)cc(F)c1)C(O)CN[C@H]1CCCc2ccc(CC)cc21. The number of fused-ring (bicyclic) bond motifs is 1. The van der Waals surface area contributed by atoms with Gasteiger partial charge in [-0.25, -0.2) is 8.78 Å². The quantitative estimate of drug-likeness (QED) is 0.294. The van der Waals surface area contributed by atoms with Crippen LogP contribution in [0.2, 0.25) is 0 Å². The van der Waals surface area contributed by atoms with E-state index in [9.17, 15) is 18.7 Å². The highest BCUT2D eigenvalue weighted by Gasteiger charge is 2.25. The maximum atomic E-state index is 13.7. The van der Waals surface area contributed by atoms with Gasteiger partial charge in [-0.2, -0.15) is 0 Å². The van der Waals surface area contributed by atoms with E-state index in [0.29, 0.717) is 12.2 Å². The first-order chi connectivity index (χ1) is 16.9. The van der Waals surface area contributed by atoms with Gasteiger partial charge in [0.2, 0.25) is 5.91 Å². The van der Waals surface area contributed by atoms with Crippen LogP contribution in [0.3, 0.4) is 0 Å². The molecule has 0 bridgehead atoms. The van der Waals surface area contributed by atoms with E-state index in [2.05, 4.69) is 42.3 Å². The summed E-state index contributed by atoms with van der Waals surface area (Å²) in [5.74, 6) is -1.69. The molecule has 35 heavy (non-hydrogen) atoms. The minimum Gasteiger partial charge on any atom is -0.390 e. The minimum atomic E-state index is -0.959. The maximum absolute atomic E-state index is 13.7. The summed E-state index contributed by atoms with van der Waals surface area (Å²) in [4.78, 5) is 12.5. The predicted octanol–water partition coefficient (Wildman–Crippen LogP) is 4.18. The van der Waals surface area contributed by atoms with Crippen molar-refractivity contribution in [3.63, 3.8) is 0 Å². The van der Waals surface area contributed by atoms with Gasteiger partial charge in [0.15, 0.2) is 0 Å². The van der Waals surface area contributed by atoms with E-state index < -0.39 is 23.8 Å². The standard InChI is InChI=1S/C28H36F2N2O3/c1-3-11-35-12-10-28(34)32-26(16-20-13-22(29)17-23(30)14-20)27(33)18-31-25-7-5-6-21-9-8-19(4-2)15-24(21)25/h3,8-9,13-15,17,25-27,31,33H,1,4-7,10-12,16,18H2,2H3,(H,32,34)/t25-,26?,27?/m0/s1. The van der Waals surface area contributed by atoms with Crippen LogP contribution in [-0.4, -0.2) is 42.9 Å². The van der Waals surface area contributed by atoms with Crippen LogP contribution in [0.25, 0.3) is 0 Å². The number of carbonyl (C=O) groups excluding carboxylic acids is 1. The van der Waals surface area contributed by atoms with Crippen molar-refractivity contribution in [2.75, 3.05) is 19.8 Å². The molecule has 1 aliphatic carbocycles. The number of halogens is 2. The lowest BCUT2D eigenvalue weighted by Gasteiger charge is -2.30. The van der Waals surface area contributed by atoms with Crippen LogP contribution in [0.15, 0.2) is 49.1 Å². The van der Waals surface area contributed by atoms with E-state index >= 15 is 0 Å². The van der Waals surface area contributed by atoms with Gasteiger partial charge in [0.25, 0.3) is 0 Å². The number of hydrogen-bond acceptors (Lipinski definition) is 4. The van der Waals surface area contributed by atoms with Crippen LogP contribution >= 0.6 is 0 Å². The molecule has 1 amide bonds. The van der Waals surface area contributed by atoms with Gasteiger partial charge in [0.05, 0.1) is 25.4 Å². The van der Waals surface area contributed by atoms with Crippen LogP contribution in [0, 0.1) is 11.6 Å². The number of aryl methyl sites for hydroxylation is 2. The van der Waals surface area contributed by atoms with E-state index in [0.717, 1.165) is 31.7 Å². The second-order valence-corrected chi connectivity index (χ2v) is 9.08. The largest absolute Gasteiger partial charge is 0.390 e. The van der Waals surface area contributed by atoms with E-state index in [-0.39, 0.29) is 37.9 Å². The summed E-state index contributed by atoms with van der Waals surface area (Å²) in [6.07, 6.45) is 4.85. The van der Waals surface area contributed by atoms with Gasteiger partial charge in [-0.3, -0.25) is 4.79 Å². The molecular formula is C28H36F2N2O3. The predicted molar refractivity (Wildman–Crippen MR) is 133 cm³/mol. The van der Waals surface area contributed by atoms with Crippen molar-refractivity contribution in [1.29, 1.82) is 0 Å². The molecule has 2 aromatic rings. The zero-order valence-electron chi connectivity index (χ0n) is 20.4. The third-order valence-electron chi connectivity index (χ3n) is 6.40. The van der Waals surface area contributed by atoms with Gasteiger partial charge < -0.3 is 20.5 Å². The summed E-state index contributed by atoms with van der Waals surface area (Å²) in [6, 6.07) is 9.22. The first kappa shape index (κ1) is 27.0.